The Bertz CT molecular complexity index is 654. The predicted octanol–water partition coefficient (Wildman–Crippen LogP) is 4.04. The molecule has 0 bridgehead atoms. The first-order valence-electron chi connectivity index (χ1n) is 7.48. The highest BCUT2D eigenvalue weighted by Crippen LogP contribution is 2.15. The molecule has 0 aliphatic carbocycles. The van der Waals surface area contributed by atoms with Crippen LogP contribution in [0, 0.1) is 0 Å². The second-order valence-corrected chi connectivity index (χ2v) is 5.39. The summed E-state index contributed by atoms with van der Waals surface area (Å²) in [6, 6.07) is 16.7. The van der Waals surface area contributed by atoms with Gasteiger partial charge in [0.05, 0.1) is 5.71 Å². The van der Waals surface area contributed by atoms with Gasteiger partial charge in [-0.25, -0.2) is 5.43 Å². The van der Waals surface area contributed by atoms with Gasteiger partial charge in [0.15, 0.2) is 6.61 Å². The Hall–Kier alpha value is -2.33. The average molecular weight is 331 g/mol. The molecule has 0 aliphatic heterocycles. The molecule has 2 aromatic rings. The van der Waals surface area contributed by atoms with E-state index in [1.54, 1.807) is 24.3 Å². The number of carbonyl (C=O) groups excluding carboxylic acids is 1. The highest BCUT2D eigenvalue weighted by molar-refractivity contribution is 6.30. The van der Waals surface area contributed by atoms with Crippen molar-refractivity contribution in [1.29, 1.82) is 0 Å². The van der Waals surface area contributed by atoms with E-state index in [4.69, 9.17) is 16.3 Å². The van der Waals surface area contributed by atoms with E-state index in [9.17, 15) is 4.79 Å². The number of nitrogens with one attached hydrogen (secondary N) is 1. The van der Waals surface area contributed by atoms with Gasteiger partial charge in [-0.15, -0.1) is 0 Å². The average Bonchev–Trinajstić information content (AvgIpc) is 2.59. The second kappa shape index (κ2) is 8.96. The Kier molecular flexibility index (Phi) is 6.63. The van der Waals surface area contributed by atoms with Gasteiger partial charge in [-0.2, -0.15) is 5.10 Å². The minimum Gasteiger partial charge on any atom is -0.484 e. The van der Waals surface area contributed by atoms with Gasteiger partial charge in [-0.1, -0.05) is 55.3 Å². The Morgan fingerprint density at radius 2 is 1.83 bits per heavy atom. The number of hydrazone groups is 1. The molecule has 2 aromatic carbocycles. The van der Waals surface area contributed by atoms with Gasteiger partial charge in [0.25, 0.3) is 5.91 Å². The molecule has 0 heterocycles. The minimum absolute atomic E-state index is 0.0979. The molecule has 0 radical (unpaired) electrons. The van der Waals surface area contributed by atoms with Gasteiger partial charge in [0.2, 0.25) is 0 Å². The third-order valence-electron chi connectivity index (χ3n) is 3.09. The van der Waals surface area contributed by atoms with E-state index in [-0.39, 0.29) is 12.5 Å². The maximum atomic E-state index is 11.9. The number of benzene rings is 2. The fraction of sp³-hybridized carbons (Fsp3) is 0.222. The molecule has 0 aliphatic rings. The number of halogens is 1. The third-order valence-corrected chi connectivity index (χ3v) is 3.34. The standard InChI is InChI=1S/C18H19ClN2O2/c1-2-6-17(14-7-4-3-5-8-14)20-21-18(22)13-23-16-11-9-15(19)10-12-16/h3-5,7-12H,2,6,13H2,1H3,(H,21,22)/b20-17+. The lowest BCUT2D eigenvalue weighted by molar-refractivity contribution is -0.123. The van der Waals surface area contributed by atoms with Crippen molar-refractivity contribution in [3.05, 3.63) is 65.2 Å². The van der Waals surface area contributed by atoms with Crippen molar-refractivity contribution in [2.24, 2.45) is 5.10 Å². The molecule has 0 saturated heterocycles. The van der Waals surface area contributed by atoms with Gasteiger partial charge >= 0.3 is 0 Å². The fourth-order valence-electron chi connectivity index (χ4n) is 1.97. The molecule has 0 fully saturated rings. The summed E-state index contributed by atoms with van der Waals surface area (Å²) in [5.41, 5.74) is 4.41. The Balaban J connectivity index is 1.91. The molecule has 2 rings (SSSR count). The number of hydrogen-bond acceptors (Lipinski definition) is 3. The molecule has 0 saturated carbocycles. The number of amides is 1. The van der Waals surface area contributed by atoms with E-state index in [0.29, 0.717) is 10.8 Å². The lowest BCUT2D eigenvalue weighted by Gasteiger charge is -2.07. The summed E-state index contributed by atoms with van der Waals surface area (Å²) in [5, 5.41) is 4.85. The SMILES string of the molecule is CCC/C(=N\NC(=O)COc1ccc(Cl)cc1)c1ccccc1. The molecule has 23 heavy (non-hydrogen) atoms. The summed E-state index contributed by atoms with van der Waals surface area (Å²) in [7, 11) is 0. The summed E-state index contributed by atoms with van der Waals surface area (Å²) in [6.07, 6.45) is 1.74. The van der Waals surface area contributed by atoms with Crippen molar-refractivity contribution in [1.82, 2.24) is 5.43 Å². The number of rotatable bonds is 7. The summed E-state index contributed by atoms with van der Waals surface area (Å²) in [4.78, 5) is 11.9. The molecule has 1 amide bonds. The van der Waals surface area contributed by atoms with E-state index >= 15 is 0 Å². The minimum atomic E-state index is -0.301. The van der Waals surface area contributed by atoms with Crippen molar-refractivity contribution >= 4 is 23.2 Å². The van der Waals surface area contributed by atoms with E-state index < -0.39 is 0 Å². The van der Waals surface area contributed by atoms with Crippen LogP contribution in [0.3, 0.4) is 0 Å². The van der Waals surface area contributed by atoms with Gasteiger partial charge in [-0.05, 0) is 36.2 Å². The summed E-state index contributed by atoms with van der Waals surface area (Å²) in [6.45, 7) is 1.98. The maximum Gasteiger partial charge on any atom is 0.277 e. The van der Waals surface area contributed by atoms with Crippen molar-refractivity contribution in [3.63, 3.8) is 0 Å². The molecule has 0 aromatic heterocycles. The summed E-state index contributed by atoms with van der Waals surface area (Å²) >= 11 is 5.79. The number of nitrogens with zero attached hydrogens (tertiary/aromatic N) is 1. The van der Waals surface area contributed by atoms with Gasteiger partial charge in [0, 0.05) is 5.02 Å². The van der Waals surface area contributed by atoms with Crippen LogP contribution in [0.5, 0.6) is 5.75 Å². The molecule has 0 unspecified atom stereocenters. The highest BCUT2D eigenvalue weighted by Gasteiger charge is 2.05. The topological polar surface area (TPSA) is 50.7 Å². The van der Waals surface area contributed by atoms with Crippen LogP contribution >= 0.6 is 11.6 Å². The van der Waals surface area contributed by atoms with E-state index in [0.717, 1.165) is 24.1 Å². The number of carbonyl (C=O) groups is 1. The zero-order valence-electron chi connectivity index (χ0n) is 13.0. The molecule has 0 spiro atoms. The third kappa shape index (κ3) is 5.75. The normalized spacial score (nSPS) is 11.1. The van der Waals surface area contributed by atoms with Gasteiger partial charge in [-0.3, -0.25) is 4.79 Å². The van der Waals surface area contributed by atoms with Crippen molar-refractivity contribution in [2.45, 2.75) is 19.8 Å². The highest BCUT2D eigenvalue weighted by atomic mass is 35.5. The monoisotopic (exact) mass is 330 g/mol. The molecule has 1 N–H and O–H groups in total. The van der Waals surface area contributed by atoms with Crippen molar-refractivity contribution < 1.29 is 9.53 Å². The first-order chi connectivity index (χ1) is 11.2. The molecule has 5 heteroatoms. The smallest absolute Gasteiger partial charge is 0.277 e. The van der Waals surface area contributed by atoms with Crippen molar-refractivity contribution in [3.8, 4) is 5.75 Å². The van der Waals surface area contributed by atoms with Gasteiger partial charge in [0.1, 0.15) is 5.75 Å². The first kappa shape index (κ1) is 17.0. The van der Waals surface area contributed by atoms with E-state index in [1.165, 1.54) is 0 Å². The fourth-order valence-corrected chi connectivity index (χ4v) is 2.10. The first-order valence-corrected chi connectivity index (χ1v) is 7.86. The van der Waals surface area contributed by atoms with Crippen LogP contribution in [0.15, 0.2) is 59.7 Å². The molecule has 0 atom stereocenters. The number of ether oxygens (including phenoxy) is 1. The van der Waals surface area contributed by atoms with Crippen LogP contribution in [-0.2, 0) is 4.79 Å². The Labute approximate surface area is 141 Å². The molecular weight excluding hydrogens is 312 g/mol. The zero-order chi connectivity index (χ0) is 16.5. The van der Waals surface area contributed by atoms with E-state index in [1.807, 2.05) is 30.3 Å². The van der Waals surface area contributed by atoms with Crippen LogP contribution in [0.25, 0.3) is 0 Å². The number of hydrogen-bond donors (Lipinski definition) is 1. The summed E-state index contributed by atoms with van der Waals surface area (Å²) in [5.74, 6) is 0.287. The van der Waals surface area contributed by atoms with Crippen LogP contribution in [0.2, 0.25) is 5.02 Å². The van der Waals surface area contributed by atoms with E-state index in [2.05, 4.69) is 17.5 Å². The van der Waals surface area contributed by atoms with Crippen LogP contribution in [-0.4, -0.2) is 18.2 Å². The van der Waals surface area contributed by atoms with Crippen LogP contribution in [0.1, 0.15) is 25.3 Å². The molecule has 4 nitrogen and oxygen atoms in total. The molecule has 120 valence electrons. The summed E-state index contributed by atoms with van der Waals surface area (Å²) < 4.78 is 5.38. The second-order valence-electron chi connectivity index (χ2n) is 4.95. The molecular formula is C18H19ClN2O2. The Morgan fingerprint density at radius 1 is 1.13 bits per heavy atom. The van der Waals surface area contributed by atoms with Gasteiger partial charge < -0.3 is 4.74 Å². The largest absolute Gasteiger partial charge is 0.484 e. The quantitative estimate of drug-likeness (QED) is 0.615. The van der Waals surface area contributed by atoms with Crippen LogP contribution in [0.4, 0.5) is 0 Å². The maximum absolute atomic E-state index is 11.9. The Morgan fingerprint density at radius 3 is 2.48 bits per heavy atom. The lowest BCUT2D eigenvalue weighted by Crippen LogP contribution is -2.26. The lowest BCUT2D eigenvalue weighted by atomic mass is 10.1. The van der Waals surface area contributed by atoms with Crippen molar-refractivity contribution in [2.75, 3.05) is 6.61 Å². The zero-order valence-corrected chi connectivity index (χ0v) is 13.7. The van der Waals surface area contributed by atoms with Crippen LogP contribution < -0.4 is 10.2 Å². The predicted molar refractivity (Wildman–Crippen MR) is 93.0 cm³/mol.